The van der Waals surface area contributed by atoms with Crippen molar-refractivity contribution in [2.75, 3.05) is 20.2 Å². The van der Waals surface area contributed by atoms with Crippen LogP contribution in [0.25, 0.3) is 16.9 Å². The number of rotatable bonds is 7. The Hall–Kier alpha value is -3.82. The summed E-state index contributed by atoms with van der Waals surface area (Å²) >= 11 is 0. The number of hydrogen-bond acceptors (Lipinski definition) is 4. The van der Waals surface area contributed by atoms with Gasteiger partial charge in [-0.05, 0) is 12.1 Å². The third-order valence-corrected chi connectivity index (χ3v) is 4.44. The zero-order chi connectivity index (χ0) is 23.1. The van der Waals surface area contributed by atoms with Gasteiger partial charge >= 0.3 is 12.3 Å². The van der Waals surface area contributed by atoms with Crippen molar-refractivity contribution in [1.82, 2.24) is 20.0 Å². The molecule has 0 aliphatic rings. The largest absolute Gasteiger partial charge is 0.440 e. The number of nitrogens with one attached hydrogen (secondary N) is 1. The number of carbonyl (C=O) groups excluding carboxylic acids is 2. The van der Waals surface area contributed by atoms with Crippen LogP contribution in [0.5, 0.6) is 0 Å². The average molecular weight is 446 g/mol. The number of nitrogens with zero attached hydrogens (tertiary/aromatic N) is 3. The van der Waals surface area contributed by atoms with Crippen molar-refractivity contribution in [3.05, 3.63) is 72.4 Å². The van der Waals surface area contributed by atoms with Gasteiger partial charge in [0.1, 0.15) is 6.54 Å². The van der Waals surface area contributed by atoms with Crippen LogP contribution in [0.3, 0.4) is 0 Å². The van der Waals surface area contributed by atoms with Crippen LogP contribution >= 0.6 is 0 Å². The van der Waals surface area contributed by atoms with Gasteiger partial charge < -0.3 is 15.0 Å². The van der Waals surface area contributed by atoms with E-state index in [-0.39, 0.29) is 6.54 Å². The Morgan fingerprint density at radius 1 is 1.06 bits per heavy atom. The second-order valence-corrected chi connectivity index (χ2v) is 6.94. The number of alkyl carbamates (subject to hydrolysis) is 1. The van der Waals surface area contributed by atoms with Crippen LogP contribution in [0.1, 0.15) is 5.56 Å². The maximum atomic E-state index is 12.4. The molecule has 0 radical (unpaired) electrons. The molecule has 0 bridgehead atoms. The molecule has 2 amide bonds. The monoisotopic (exact) mass is 446 g/mol. The van der Waals surface area contributed by atoms with E-state index in [0.717, 1.165) is 16.8 Å². The lowest BCUT2D eigenvalue weighted by Crippen LogP contribution is -2.38. The second kappa shape index (κ2) is 9.99. The Morgan fingerprint density at radius 2 is 1.69 bits per heavy atom. The number of ether oxygens (including phenoxy) is 1. The van der Waals surface area contributed by atoms with Crippen molar-refractivity contribution in [3.63, 3.8) is 0 Å². The smallest absolute Gasteiger partial charge is 0.422 e. The van der Waals surface area contributed by atoms with Gasteiger partial charge in [0, 0.05) is 30.9 Å². The summed E-state index contributed by atoms with van der Waals surface area (Å²) in [4.78, 5) is 25.1. The van der Waals surface area contributed by atoms with Gasteiger partial charge in [-0.2, -0.15) is 18.3 Å². The maximum Gasteiger partial charge on any atom is 0.422 e. The van der Waals surface area contributed by atoms with Gasteiger partial charge in [-0.3, -0.25) is 4.79 Å². The first-order valence-electron chi connectivity index (χ1n) is 9.63. The van der Waals surface area contributed by atoms with Gasteiger partial charge in [0.15, 0.2) is 6.61 Å². The van der Waals surface area contributed by atoms with E-state index in [4.69, 9.17) is 0 Å². The molecule has 0 aliphatic heterocycles. The molecule has 168 valence electrons. The van der Waals surface area contributed by atoms with Crippen molar-refractivity contribution in [1.29, 1.82) is 0 Å². The number of para-hydroxylation sites is 1. The topological polar surface area (TPSA) is 76.5 Å². The molecule has 3 aromatic rings. The summed E-state index contributed by atoms with van der Waals surface area (Å²) in [5, 5.41) is 6.69. The predicted octanol–water partition coefficient (Wildman–Crippen LogP) is 3.79. The van der Waals surface area contributed by atoms with Gasteiger partial charge in [-0.15, -0.1) is 0 Å². The summed E-state index contributed by atoms with van der Waals surface area (Å²) in [5.41, 5.74) is 3.16. The third-order valence-electron chi connectivity index (χ3n) is 4.44. The quantitative estimate of drug-likeness (QED) is 0.599. The highest BCUT2D eigenvalue weighted by molar-refractivity contribution is 5.82. The molecule has 0 fully saturated rings. The van der Waals surface area contributed by atoms with Crippen LogP contribution < -0.4 is 5.32 Å². The molecule has 0 atom stereocenters. The summed E-state index contributed by atoms with van der Waals surface area (Å²) in [6.07, 6.45) is -4.14. The molecule has 0 aliphatic carbocycles. The number of carbonyl (C=O) groups is 2. The van der Waals surface area contributed by atoms with E-state index in [9.17, 15) is 22.8 Å². The number of aromatic nitrogens is 2. The average Bonchev–Trinajstić information content (AvgIpc) is 3.20. The molecule has 32 heavy (non-hydrogen) atoms. The fourth-order valence-electron chi connectivity index (χ4n) is 2.90. The minimum atomic E-state index is -4.63. The van der Waals surface area contributed by atoms with Crippen LogP contribution in [0.2, 0.25) is 0 Å². The number of amides is 2. The number of alkyl halides is 3. The number of benzene rings is 2. The molecule has 0 unspecified atom stereocenters. The van der Waals surface area contributed by atoms with E-state index in [1.165, 1.54) is 11.9 Å². The zero-order valence-corrected chi connectivity index (χ0v) is 17.2. The van der Waals surface area contributed by atoms with Gasteiger partial charge in [0.05, 0.1) is 11.4 Å². The Kier molecular flexibility index (Phi) is 7.14. The van der Waals surface area contributed by atoms with Crippen molar-refractivity contribution in [2.24, 2.45) is 0 Å². The van der Waals surface area contributed by atoms with Crippen molar-refractivity contribution in [2.45, 2.75) is 12.7 Å². The molecular formula is C22H21F3N4O3. The van der Waals surface area contributed by atoms with E-state index in [0.29, 0.717) is 5.69 Å². The molecule has 0 saturated heterocycles. The third kappa shape index (κ3) is 6.34. The van der Waals surface area contributed by atoms with Crippen LogP contribution in [-0.4, -0.2) is 53.1 Å². The summed E-state index contributed by atoms with van der Waals surface area (Å²) in [7, 11) is 1.53. The van der Waals surface area contributed by atoms with Gasteiger partial charge in [-0.25, -0.2) is 9.48 Å². The lowest BCUT2D eigenvalue weighted by molar-refractivity contribution is -0.160. The molecule has 1 heterocycles. The highest BCUT2D eigenvalue weighted by atomic mass is 19.4. The van der Waals surface area contributed by atoms with Crippen LogP contribution in [-0.2, 0) is 16.1 Å². The van der Waals surface area contributed by atoms with Gasteiger partial charge in [0.2, 0.25) is 5.91 Å². The summed E-state index contributed by atoms with van der Waals surface area (Å²) in [6.45, 7) is -2.04. The standard InChI is InChI=1S/C22H21F3N4O3/c1-28(19(30)12-26-21(31)32-15-22(23,24)25)13-17-14-29(18-10-6-3-7-11-18)27-20(17)16-8-4-2-5-9-16/h2-11,14H,12-13,15H2,1H3,(H,26,31). The molecule has 10 heteroatoms. The van der Waals surface area contributed by atoms with E-state index in [1.807, 2.05) is 72.2 Å². The summed E-state index contributed by atoms with van der Waals surface area (Å²) in [6, 6.07) is 18.9. The van der Waals surface area contributed by atoms with E-state index in [2.05, 4.69) is 9.84 Å². The predicted molar refractivity (Wildman–Crippen MR) is 111 cm³/mol. The first-order valence-corrected chi connectivity index (χ1v) is 9.63. The number of halogens is 3. The molecular weight excluding hydrogens is 425 g/mol. The minimum Gasteiger partial charge on any atom is -0.440 e. The SMILES string of the molecule is CN(Cc1cn(-c2ccccc2)nc1-c1ccccc1)C(=O)CNC(=O)OCC(F)(F)F. The van der Waals surface area contributed by atoms with Crippen LogP contribution in [0, 0.1) is 0 Å². The molecule has 2 aromatic carbocycles. The Bertz CT molecular complexity index is 1050. The fourth-order valence-corrected chi connectivity index (χ4v) is 2.90. The maximum absolute atomic E-state index is 12.4. The van der Waals surface area contributed by atoms with Gasteiger partial charge in [-0.1, -0.05) is 48.5 Å². The van der Waals surface area contributed by atoms with Crippen molar-refractivity contribution in [3.8, 4) is 16.9 Å². The molecule has 1 aromatic heterocycles. The van der Waals surface area contributed by atoms with E-state index >= 15 is 0 Å². The molecule has 7 nitrogen and oxygen atoms in total. The molecule has 1 N–H and O–H groups in total. The van der Waals surface area contributed by atoms with Crippen LogP contribution in [0.4, 0.5) is 18.0 Å². The highest BCUT2D eigenvalue weighted by Gasteiger charge is 2.29. The van der Waals surface area contributed by atoms with Crippen molar-refractivity contribution < 1.29 is 27.5 Å². The molecule has 0 spiro atoms. The number of hydrogen-bond donors (Lipinski definition) is 1. The van der Waals surface area contributed by atoms with Crippen molar-refractivity contribution >= 4 is 12.0 Å². The Labute approximate surface area is 182 Å². The lowest BCUT2D eigenvalue weighted by atomic mass is 10.1. The Balaban J connectivity index is 1.70. The first kappa shape index (κ1) is 22.9. The molecule has 3 rings (SSSR count). The normalized spacial score (nSPS) is 11.1. The second-order valence-electron chi connectivity index (χ2n) is 6.94. The number of likely N-dealkylation sites (N-methyl/N-ethyl adjacent to an activating group) is 1. The van der Waals surface area contributed by atoms with Gasteiger partial charge in [0.25, 0.3) is 0 Å². The zero-order valence-electron chi connectivity index (χ0n) is 17.2. The minimum absolute atomic E-state index is 0.176. The summed E-state index contributed by atoms with van der Waals surface area (Å²) in [5.74, 6) is -0.500. The first-order chi connectivity index (χ1) is 15.2. The highest BCUT2D eigenvalue weighted by Crippen LogP contribution is 2.24. The lowest BCUT2D eigenvalue weighted by Gasteiger charge is -2.17. The van der Waals surface area contributed by atoms with Crippen LogP contribution in [0.15, 0.2) is 66.9 Å². The Morgan fingerprint density at radius 3 is 2.31 bits per heavy atom. The summed E-state index contributed by atoms with van der Waals surface area (Å²) < 4.78 is 42.0. The van der Waals surface area contributed by atoms with E-state index in [1.54, 1.807) is 4.68 Å². The molecule has 0 saturated carbocycles. The fraction of sp³-hybridized carbons (Fsp3) is 0.227. The van der Waals surface area contributed by atoms with E-state index < -0.39 is 31.3 Å².